The maximum Gasteiger partial charge on any atom is 0.201 e. The molecule has 146 valence electrons. The Morgan fingerprint density at radius 2 is 1.21 bits per heavy atom. The average molecular weight is 388 g/mol. The monoisotopic (exact) mass is 388 g/mol. The van der Waals surface area contributed by atoms with Gasteiger partial charge in [-0.05, 0) is 31.0 Å². The van der Waals surface area contributed by atoms with Crippen molar-refractivity contribution in [2.24, 2.45) is 0 Å². The molecular formula is C23H20F4O. The SMILES string of the molecule is CCCCOc1ccc(-c2ccc(-c3ccc(C)cc3)c(F)c2F)c(F)c1F. The highest BCUT2D eigenvalue weighted by atomic mass is 19.2. The van der Waals surface area contributed by atoms with Crippen molar-refractivity contribution in [2.75, 3.05) is 6.61 Å². The van der Waals surface area contributed by atoms with Crippen LogP contribution in [0, 0.1) is 30.2 Å². The molecule has 0 aliphatic rings. The second-order valence-electron chi connectivity index (χ2n) is 6.60. The number of benzene rings is 3. The van der Waals surface area contributed by atoms with Crippen LogP contribution < -0.4 is 4.74 Å². The van der Waals surface area contributed by atoms with Gasteiger partial charge in [-0.1, -0.05) is 55.3 Å². The summed E-state index contributed by atoms with van der Waals surface area (Å²) in [6.07, 6.45) is 1.54. The van der Waals surface area contributed by atoms with E-state index in [9.17, 15) is 17.6 Å². The Kier molecular flexibility index (Phi) is 6.02. The molecule has 0 spiro atoms. The molecule has 0 aliphatic carbocycles. The standard InChI is InChI=1S/C23H20F4O/c1-3-4-13-28-19-12-11-18(22(26)23(19)27)17-10-9-16(20(24)21(17)25)15-7-5-14(2)6-8-15/h5-12H,3-4,13H2,1-2H3. The zero-order chi connectivity index (χ0) is 20.3. The molecule has 0 unspecified atom stereocenters. The minimum absolute atomic E-state index is 0.0571. The van der Waals surface area contributed by atoms with Gasteiger partial charge in [0, 0.05) is 16.7 Å². The number of halogens is 4. The second kappa shape index (κ2) is 8.46. The van der Waals surface area contributed by atoms with Crippen LogP contribution in [0.15, 0.2) is 48.5 Å². The molecule has 0 bridgehead atoms. The van der Waals surface area contributed by atoms with Crippen molar-refractivity contribution in [3.05, 3.63) is 77.4 Å². The highest BCUT2D eigenvalue weighted by molar-refractivity contribution is 5.72. The van der Waals surface area contributed by atoms with Crippen molar-refractivity contribution in [3.63, 3.8) is 0 Å². The Hall–Kier alpha value is -2.82. The first-order valence-electron chi connectivity index (χ1n) is 9.10. The normalized spacial score (nSPS) is 10.9. The van der Waals surface area contributed by atoms with E-state index in [1.54, 1.807) is 24.3 Å². The molecule has 3 rings (SSSR count). The van der Waals surface area contributed by atoms with Gasteiger partial charge in [0.05, 0.1) is 6.61 Å². The molecular weight excluding hydrogens is 368 g/mol. The van der Waals surface area contributed by atoms with Crippen LogP contribution in [-0.2, 0) is 0 Å². The Labute approximate surface area is 161 Å². The molecule has 0 fully saturated rings. The largest absolute Gasteiger partial charge is 0.490 e. The fraction of sp³-hybridized carbons (Fsp3) is 0.217. The Morgan fingerprint density at radius 3 is 1.86 bits per heavy atom. The molecule has 0 saturated heterocycles. The van der Waals surface area contributed by atoms with Gasteiger partial charge >= 0.3 is 0 Å². The van der Waals surface area contributed by atoms with Crippen molar-refractivity contribution < 1.29 is 22.3 Å². The quantitative estimate of drug-likeness (QED) is 0.324. The molecule has 0 saturated carbocycles. The van der Waals surface area contributed by atoms with Gasteiger partial charge in [-0.3, -0.25) is 0 Å². The fourth-order valence-corrected chi connectivity index (χ4v) is 2.89. The molecule has 0 N–H and O–H groups in total. The maximum absolute atomic E-state index is 14.7. The van der Waals surface area contributed by atoms with E-state index in [0.717, 1.165) is 12.0 Å². The number of hydrogen-bond donors (Lipinski definition) is 0. The van der Waals surface area contributed by atoms with Gasteiger partial charge in [-0.2, -0.15) is 4.39 Å². The van der Waals surface area contributed by atoms with Gasteiger partial charge in [0.2, 0.25) is 5.82 Å². The Morgan fingerprint density at radius 1 is 0.679 bits per heavy atom. The topological polar surface area (TPSA) is 9.23 Å². The second-order valence-corrected chi connectivity index (χ2v) is 6.60. The Bertz CT molecular complexity index is 981. The summed E-state index contributed by atoms with van der Waals surface area (Å²) in [5.41, 5.74) is 0.846. The van der Waals surface area contributed by atoms with Crippen LogP contribution in [-0.4, -0.2) is 6.61 Å². The summed E-state index contributed by atoms with van der Waals surface area (Å²) in [6, 6.07) is 12.0. The van der Waals surface area contributed by atoms with Gasteiger partial charge in [0.1, 0.15) is 0 Å². The van der Waals surface area contributed by atoms with Crippen molar-refractivity contribution in [1.29, 1.82) is 0 Å². The smallest absolute Gasteiger partial charge is 0.201 e. The van der Waals surface area contributed by atoms with Gasteiger partial charge in [0.25, 0.3) is 0 Å². The highest BCUT2D eigenvalue weighted by Gasteiger charge is 2.21. The van der Waals surface area contributed by atoms with Crippen LogP contribution in [0.25, 0.3) is 22.3 Å². The van der Waals surface area contributed by atoms with Crippen LogP contribution in [0.2, 0.25) is 0 Å². The van der Waals surface area contributed by atoms with Crippen LogP contribution in [0.4, 0.5) is 17.6 Å². The van der Waals surface area contributed by atoms with Gasteiger partial charge < -0.3 is 4.74 Å². The Balaban J connectivity index is 1.99. The molecule has 0 atom stereocenters. The van der Waals surface area contributed by atoms with Gasteiger partial charge in [-0.15, -0.1) is 0 Å². The summed E-state index contributed by atoms with van der Waals surface area (Å²) >= 11 is 0. The molecule has 0 aromatic heterocycles. The third kappa shape index (κ3) is 3.88. The minimum Gasteiger partial charge on any atom is -0.490 e. The average Bonchev–Trinajstić information content (AvgIpc) is 2.69. The first-order chi connectivity index (χ1) is 13.4. The predicted molar refractivity (Wildman–Crippen MR) is 102 cm³/mol. The summed E-state index contributed by atoms with van der Waals surface area (Å²) < 4.78 is 63.3. The lowest BCUT2D eigenvalue weighted by molar-refractivity contribution is 0.289. The molecule has 3 aromatic rings. The van der Waals surface area contributed by atoms with E-state index in [0.29, 0.717) is 12.0 Å². The lowest BCUT2D eigenvalue weighted by atomic mass is 9.98. The van der Waals surface area contributed by atoms with E-state index in [1.165, 1.54) is 24.3 Å². The van der Waals surface area contributed by atoms with Crippen LogP contribution >= 0.6 is 0 Å². The molecule has 3 aromatic carbocycles. The predicted octanol–water partition coefficient (Wildman–Crippen LogP) is 7.06. The van der Waals surface area contributed by atoms with E-state index in [1.807, 2.05) is 13.8 Å². The van der Waals surface area contributed by atoms with Gasteiger partial charge in [-0.25, -0.2) is 13.2 Å². The van der Waals surface area contributed by atoms with E-state index in [2.05, 4.69) is 0 Å². The summed E-state index contributed by atoms with van der Waals surface area (Å²) in [4.78, 5) is 0. The molecule has 0 amide bonds. The van der Waals surface area contributed by atoms with Crippen LogP contribution in [0.1, 0.15) is 25.3 Å². The fourth-order valence-electron chi connectivity index (χ4n) is 2.89. The summed E-state index contributed by atoms with van der Waals surface area (Å²) in [7, 11) is 0. The van der Waals surface area contributed by atoms with Crippen molar-refractivity contribution in [2.45, 2.75) is 26.7 Å². The highest BCUT2D eigenvalue weighted by Crippen LogP contribution is 2.35. The molecule has 0 aliphatic heterocycles. The third-order valence-electron chi connectivity index (χ3n) is 4.54. The third-order valence-corrected chi connectivity index (χ3v) is 4.54. The van der Waals surface area contributed by atoms with E-state index >= 15 is 0 Å². The molecule has 0 radical (unpaired) electrons. The molecule has 28 heavy (non-hydrogen) atoms. The maximum atomic E-state index is 14.7. The number of unbranched alkanes of at least 4 members (excludes halogenated alkanes) is 1. The van der Waals surface area contributed by atoms with Gasteiger partial charge in [0.15, 0.2) is 23.2 Å². The zero-order valence-corrected chi connectivity index (χ0v) is 15.7. The summed E-state index contributed by atoms with van der Waals surface area (Å²) in [6.45, 7) is 4.08. The summed E-state index contributed by atoms with van der Waals surface area (Å²) in [5, 5.41) is 0. The zero-order valence-electron chi connectivity index (χ0n) is 15.7. The van der Waals surface area contributed by atoms with Crippen molar-refractivity contribution >= 4 is 0 Å². The first kappa shape index (κ1) is 19.9. The lowest BCUT2D eigenvalue weighted by Gasteiger charge is -2.12. The number of ether oxygens (including phenoxy) is 1. The van der Waals surface area contributed by atoms with Crippen LogP contribution in [0.5, 0.6) is 5.75 Å². The number of hydrogen-bond acceptors (Lipinski definition) is 1. The van der Waals surface area contributed by atoms with E-state index < -0.39 is 23.3 Å². The van der Waals surface area contributed by atoms with Crippen LogP contribution in [0.3, 0.4) is 0 Å². The lowest BCUT2D eigenvalue weighted by Crippen LogP contribution is -2.02. The molecule has 0 heterocycles. The first-order valence-corrected chi connectivity index (χ1v) is 9.10. The van der Waals surface area contributed by atoms with Crippen molar-refractivity contribution in [3.8, 4) is 28.0 Å². The number of rotatable bonds is 6. The van der Waals surface area contributed by atoms with E-state index in [4.69, 9.17) is 4.74 Å². The molecule has 1 nitrogen and oxygen atoms in total. The van der Waals surface area contributed by atoms with Crippen molar-refractivity contribution in [1.82, 2.24) is 0 Å². The minimum atomic E-state index is -1.27. The number of aryl methyl sites for hydroxylation is 1. The summed E-state index contributed by atoms with van der Waals surface area (Å²) in [5.74, 6) is -5.06. The molecule has 5 heteroatoms. The van der Waals surface area contributed by atoms with E-state index in [-0.39, 0.29) is 29.0 Å².